The molecule has 1 aliphatic rings. The lowest BCUT2D eigenvalue weighted by molar-refractivity contribution is 0.472. The minimum Gasteiger partial charge on any atom is -0.506 e. The lowest BCUT2D eigenvalue weighted by Gasteiger charge is -2.28. The average molecular weight is 475 g/mol. The highest BCUT2D eigenvalue weighted by Crippen LogP contribution is 2.45. The number of thiocarbonyl (C=S) groups is 1. The largest absolute Gasteiger partial charge is 0.506 e. The Kier molecular flexibility index (Phi) is 5.56. The molecule has 5 nitrogen and oxygen atoms in total. The van der Waals surface area contributed by atoms with Crippen molar-refractivity contribution in [3.63, 3.8) is 0 Å². The molecule has 7 heteroatoms. The number of benzene rings is 2. The van der Waals surface area contributed by atoms with Crippen LogP contribution in [0.25, 0.3) is 5.69 Å². The van der Waals surface area contributed by atoms with Gasteiger partial charge in [-0.3, -0.25) is 4.98 Å². The summed E-state index contributed by atoms with van der Waals surface area (Å²) in [7, 11) is 0. The van der Waals surface area contributed by atoms with E-state index < -0.39 is 0 Å². The third-order valence-corrected chi connectivity index (χ3v) is 6.68. The fourth-order valence-corrected chi connectivity index (χ4v) is 5.14. The number of phenols is 1. The van der Waals surface area contributed by atoms with E-state index in [0.29, 0.717) is 15.8 Å². The second-order valence-corrected chi connectivity index (χ2v) is 8.95. The zero-order valence-electron chi connectivity index (χ0n) is 18.2. The molecule has 5 rings (SSSR count). The summed E-state index contributed by atoms with van der Waals surface area (Å²) in [4.78, 5) is 6.61. The van der Waals surface area contributed by atoms with Crippen LogP contribution in [-0.4, -0.2) is 19.8 Å². The second-order valence-electron chi connectivity index (χ2n) is 8.12. The minimum absolute atomic E-state index is 0.180. The van der Waals surface area contributed by atoms with Crippen molar-refractivity contribution in [1.29, 1.82) is 0 Å². The van der Waals surface area contributed by atoms with Crippen LogP contribution < -0.4 is 10.2 Å². The van der Waals surface area contributed by atoms with Crippen LogP contribution in [0.3, 0.4) is 0 Å². The van der Waals surface area contributed by atoms with Crippen LogP contribution in [0, 0.1) is 13.8 Å². The Balaban J connectivity index is 1.69. The van der Waals surface area contributed by atoms with Gasteiger partial charge in [0.1, 0.15) is 5.75 Å². The molecule has 166 valence electrons. The Labute approximate surface area is 203 Å². The van der Waals surface area contributed by atoms with Gasteiger partial charge in [0.15, 0.2) is 5.11 Å². The van der Waals surface area contributed by atoms with Crippen molar-refractivity contribution in [3.05, 3.63) is 107 Å². The van der Waals surface area contributed by atoms with Gasteiger partial charge in [-0.1, -0.05) is 29.8 Å². The van der Waals surface area contributed by atoms with Crippen LogP contribution in [0.15, 0.2) is 79.0 Å². The average Bonchev–Trinajstić information content (AvgIpc) is 3.31. The normalized spacial score (nSPS) is 17.9. The van der Waals surface area contributed by atoms with Gasteiger partial charge in [0, 0.05) is 28.3 Å². The zero-order valence-corrected chi connectivity index (χ0v) is 19.8. The first-order valence-electron chi connectivity index (χ1n) is 10.7. The SMILES string of the molecule is Cc1cc(C2C(c3ccccn3)NC(=S)N2c2ccccc2O)c(C)n1-c1ccc(Cl)cc1. The van der Waals surface area contributed by atoms with Crippen LogP contribution in [0.4, 0.5) is 5.69 Å². The quantitative estimate of drug-likeness (QED) is 0.354. The summed E-state index contributed by atoms with van der Waals surface area (Å²) in [5, 5.41) is 15.4. The van der Waals surface area contributed by atoms with Crippen molar-refractivity contribution in [1.82, 2.24) is 14.9 Å². The van der Waals surface area contributed by atoms with Crippen molar-refractivity contribution in [2.75, 3.05) is 4.90 Å². The van der Waals surface area contributed by atoms with E-state index in [1.54, 1.807) is 12.3 Å². The van der Waals surface area contributed by atoms with E-state index in [-0.39, 0.29) is 17.8 Å². The smallest absolute Gasteiger partial charge is 0.174 e. The van der Waals surface area contributed by atoms with Crippen LogP contribution >= 0.6 is 23.8 Å². The third kappa shape index (κ3) is 3.75. The summed E-state index contributed by atoms with van der Waals surface area (Å²) in [5.41, 5.74) is 5.88. The van der Waals surface area contributed by atoms with Crippen molar-refractivity contribution in [2.24, 2.45) is 0 Å². The number of para-hydroxylation sites is 2. The summed E-state index contributed by atoms with van der Waals surface area (Å²) in [6.45, 7) is 4.20. The molecule has 1 saturated heterocycles. The Morgan fingerprint density at radius 1 is 1.00 bits per heavy atom. The second kappa shape index (κ2) is 8.54. The number of aromatic hydroxyl groups is 1. The number of aromatic nitrogens is 2. The molecule has 2 unspecified atom stereocenters. The van der Waals surface area contributed by atoms with Crippen molar-refractivity contribution >= 4 is 34.6 Å². The molecule has 3 heterocycles. The minimum atomic E-state index is -0.201. The Morgan fingerprint density at radius 3 is 2.42 bits per heavy atom. The fraction of sp³-hybridized carbons (Fsp3) is 0.154. The highest BCUT2D eigenvalue weighted by Gasteiger charge is 2.43. The first kappa shape index (κ1) is 21.5. The maximum absolute atomic E-state index is 10.7. The number of pyridine rings is 1. The summed E-state index contributed by atoms with van der Waals surface area (Å²) >= 11 is 11.9. The summed E-state index contributed by atoms with van der Waals surface area (Å²) in [6.07, 6.45) is 1.79. The molecule has 33 heavy (non-hydrogen) atoms. The van der Waals surface area contributed by atoms with E-state index in [2.05, 4.69) is 34.8 Å². The van der Waals surface area contributed by atoms with Gasteiger partial charge in [0.25, 0.3) is 0 Å². The van der Waals surface area contributed by atoms with E-state index in [9.17, 15) is 5.11 Å². The van der Waals surface area contributed by atoms with Crippen LogP contribution in [0.2, 0.25) is 5.02 Å². The number of hydrogen-bond acceptors (Lipinski definition) is 3. The van der Waals surface area contributed by atoms with Crippen molar-refractivity contribution < 1.29 is 5.11 Å². The highest BCUT2D eigenvalue weighted by atomic mass is 35.5. The molecule has 2 atom stereocenters. The van der Waals surface area contributed by atoms with Gasteiger partial charge in [-0.25, -0.2) is 0 Å². The van der Waals surface area contributed by atoms with Gasteiger partial charge in [-0.2, -0.15) is 0 Å². The molecule has 2 N–H and O–H groups in total. The van der Waals surface area contributed by atoms with Gasteiger partial charge in [-0.15, -0.1) is 0 Å². The highest BCUT2D eigenvalue weighted by molar-refractivity contribution is 7.80. The van der Waals surface area contributed by atoms with Crippen molar-refractivity contribution in [3.8, 4) is 11.4 Å². The molecule has 4 aromatic rings. The molecule has 0 spiro atoms. The lowest BCUT2D eigenvalue weighted by atomic mass is 9.96. The zero-order chi connectivity index (χ0) is 23.1. The predicted octanol–water partition coefficient (Wildman–Crippen LogP) is 6.03. The first-order chi connectivity index (χ1) is 16.0. The number of phenolic OH excluding ortho intramolecular Hbond substituents is 1. The Morgan fingerprint density at radius 2 is 1.73 bits per heavy atom. The van der Waals surface area contributed by atoms with E-state index in [4.69, 9.17) is 23.8 Å². The number of halogens is 1. The molecule has 0 bridgehead atoms. The Hall–Kier alpha value is -3.35. The van der Waals surface area contributed by atoms with Gasteiger partial charge < -0.3 is 19.9 Å². The number of nitrogens with zero attached hydrogens (tertiary/aromatic N) is 3. The van der Waals surface area contributed by atoms with Crippen molar-refractivity contribution in [2.45, 2.75) is 25.9 Å². The summed E-state index contributed by atoms with van der Waals surface area (Å²) in [5.74, 6) is 0.180. The maximum atomic E-state index is 10.7. The molecule has 0 radical (unpaired) electrons. The molecule has 2 aromatic heterocycles. The summed E-state index contributed by atoms with van der Waals surface area (Å²) in [6, 6.07) is 22.8. The van der Waals surface area contributed by atoms with E-state index in [1.807, 2.05) is 65.6 Å². The topological polar surface area (TPSA) is 53.3 Å². The van der Waals surface area contributed by atoms with Gasteiger partial charge in [0.05, 0.1) is 23.5 Å². The van der Waals surface area contributed by atoms with Gasteiger partial charge in [-0.05, 0) is 86.2 Å². The molecule has 2 aromatic carbocycles. The molecule has 1 aliphatic heterocycles. The number of aryl methyl sites for hydroxylation is 1. The van der Waals surface area contributed by atoms with Gasteiger partial charge in [0.2, 0.25) is 0 Å². The molecule has 1 fully saturated rings. The molecule has 0 amide bonds. The number of rotatable bonds is 4. The summed E-state index contributed by atoms with van der Waals surface area (Å²) < 4.78 is 2.21. The lowest BCUT2D eigenvalue weighted by Crippen LogP contribution is -2.29. The number of anilines is 1. The number of nitrogens with one attached hydrogen (secondary N) is 1. The predicted molar refractivity (Wildman–Crippen MR) is 136 cm³/mol. The van der Waals surface area contributed by atoms with Crippen LogP contribution in [0.1, 0.15) is 34.7 Å². The molecular weight excluding hydrogens is 452 g/mol. The monoisotopic (exact) mass is 474 g/mol. The van der Waals surface area contributed by atoms with Crippen LogP contribution in [0.5, 0.6) is 5.75 Å². The maximum Gasteiger partial charge on any atom is 0.174 e. The van der Waals surface area contributed by atoms with E-state index in [1.165, 1.54) is 0 Å². The Bertz CT molecular complexity index is 1320. The van der Waals surface area contributed by atoms with Crippen LogP contribution in [-0.2, 0) is 0 Å². The van der Waals surface area contributed by atoms with Gasteiger partial charge >= 0.3 is 0 Å². The van der Waals surface area contributed by atoms with E-state index in [0.717, 1.165) is 28.3 Å². The molecular formula is C26H23ClN4OS. The fourth-order valence-electron chi connectivity index (χ4n) is 4.67. The van der Waals surface area contributed by atoms with E-state index >= 15 is 0 Å². The third-order valence-electron chi connectivity index (χ3n) is 6.11. The standard InChI is InChI=1S/C26H23ClN4OS/c1-16-15-20(17(2)30(16)19-12-10-18(27)11-13-19)25-24(21-7-5-6-14-28-21)29-26(33)31(25)22-8-3-4-9-23(22)32/h3-15,24-25,32H,1-2H3,(H,29,33). The first-order valence-corrected chi connectivity index (χ1v) is 11.5. The molecule has 0 aliphatic carbocycles. The molecule has 0 saturated carbocycles. The number of hydrogen-bond donors (Lipinski definition) is 2.